The minimum atomic E-state index is -1.03. The Kier molecular flexibility index (Phi) is 9.93. The highest BCUT2D eigenvalue weighted by atomic mass is 16.6. The van der Waals surface area contributed by atoms with Crippen molar-refractivity contribution in [2.24, 2.45) is 5.92 Å². The summed E-state index contributed by atoms with van der Waals surface area (Å²) >= 11 is 0. The molecule has 0 bridgehead atoms. The van der Waals surface area contributed by atoms with Crippen LogP contribution in [0.5, 0.6) is 11.5 Å². The smallest absolute Gasteiger partial charge is 0.328 e. The van der Waals surface area contributed by atoms with Gasteiger partial charge in [-0.2, -0.15) is 0 Å². The van der Waals surface area contributed by atoms with Crippen LogP contribution < -0.4 is 14.8 Å². The summed E-state index contributed by atoms with van der Waals surface area (Å²) in [4.78, 5) is 52.0. The number of hydrogen-bond donors (Lipinski definition) is 1. The predicted octanol–water partition coefficient (Wildman–Crippen LogP) is 3.21. The summed E-state index contributed by atoms with van der Waals surface area (Å²) in [6, 6.07) is 8.03. The van der Waals surface area contributed by atoms with Crippen LogP contribution in [0.4, 0.5) is 0 Å². The van der Waals surface area contributed by atoms with Gasteiger partial charge in [0, 0.05) is 25.1 Å². The van der Waals surface area contributed by atoms with Crippen LogP contribution in [0, 0.1) is 12.8 Å². The lowest BCUT2D eigenvalue weighted by molar-refractivity contribution is -0.155. The highest BCUT2D eigenvalue weighted by molar-refractivity contribution is 5.98. The van der Waals surface area contributed by atoms with Crippen molar-refractivity contribution in [1.82, 2.24) is 10.3 Å². The van der Waals surface area contributed by atoms with Crippen molar-refractivity contribution < 1.29 is 33.4 Å². The molecule has 0 aliphatic carbocycles. The molecule has 1 N–H and O–H groups in total. The molecule has 9 nitrogen and oxygen atoms in total. The molecule has 9 heteroatoms. The van der Waals surface area contributed by atoms with E-state index in [2.05, 4.69) is 10.3 Å². The Bertz CT molecular complexity index is 1050. The number of rotatable bonds is 11. The monoisotopic (exact) mass is 484 g/mol. The molecule has 1 aromatic heterocycles. The summed E-state index contributed by atoms with van der Waals surface area (Å²) in [5, 5.41) is 2.51. The SMILES string of the molecule is CC(=O)Oc1c(CC=O)ccnc1C(=O)N[C@@H](C)C(=O)OC(C)C(Oc1ccc(C)cc1)C(C)C. The fraction of sp³-hybridized carbons (Fsp3) is 0.423. The summed E-state index contributed by atoms with van der Waals surface area (Å²) < 4.78 is 16.8. The average Bonchev–Trinajstić information content (AvgIpc) is 2.79. The summed E-state index contributed by atoms with van der Waals surface area (Å²) in [5.74, 6) is -1.50. The normalized spacial score (nSPS) is 13.3. The van der Waals surface area contributed by atoms with Gasteiger partial charge in [-0.15, -0.1) is 0 Å². The lowest BCUT2D eigenvalue weighted by Gasteiger charge is -2.29. The van der Waals surface area contributed by atoms with Crippen molar-refractivity contribution in [3.05, 3.63) is 53.3 Å². The molecule has 0 aliphatic rings. The number of carbonyl (C=O) groups is 4. The van der Waals surface area contributed by atoms with Crippen LogP contribution in [0.1, 0.15) is 56.2 Å². The number of pyridine rings is 1. The van der Waals surface area contributed by atoms with Gasteiger partial charge in [0.05, 0.1) is 0 Å². The van der Waals surface area contributed by atoms with Gasteiger partial charge in [0.2, 0.25) is 0 Å². The Morgan fingerprint density at radius 1 is 1.06 bits per heavy atom. The number of aldehydes is 1. The fourth-order valence-corrected chi connectivity index (χ4v) is 3.38. The third-order valence-electron chi connectivity index (χ3n) is 5.17. The van der Waals surface area contributed by atoms with Crippen molar-refractivity contribution in [1.29, 1.82) is 0 Å². The van der Waals surface area contributed by atoms with Crippen molar-refractivity contribution in [2.45, 2.75) is 66.2 Å². The van der Waals surface area contributed by atoms with Crippen molar-refractivity contribution in [3.63, 3.8) is 0 Å². The topological polar surface area (TPSA) is 121 Å². The zero-order valence-corrected chi connectivity index (χ0v) is 20.9. The van der Waals surface area contributed by atoms with Crippen molar-refractivity contribution in [2.75, 3.05) is 0 Å². The Balaban J connectivity index is 2.10. The zero-order chi connectivity index (χ0) is 26.1. The Labute approximate surface area is 205 Å². The third-order valence-corrected chi connectivity index (χ3v) is 5.17. The molecule has 2 rings (SSSR count). The number of amides is 1. The van der Waals surface area contributed by atoms with Gasteiger partial charge in [0.1, 0.15) is 30.3 Å². The van der Waals surface area contributed by atoms with E-state index in [9.17, 15) is 19.2 Å². The Hall–Kier alpha value is -3.75. The molecule has 1 amide bonds. The molecule has 0 saturated heterocycles. The summed E-state index contributed by atoms with van der Waals surface area (Å²) in [5.41, 5.74) is 1.22. The molecule has 1 heterocycles. The molecule has 35 heavy (non-hydrogen) atoms. The summed E-state index contributed by atoms with van der Waals surface area (Å²) in [6.45, 7) is 10.3. The standard InChI is InChI=1S/C26H32N2O7/c1-15(2)23(35-21-9-7-16(3)8-10-21)18(5)33-26(32)17(4)28-25(31)22-24(34-19(6)30)20(12-14-29)11-13-27-22/h7-11,13-15,17-18,23H,12H2,1-6H3,(H,28,31)/t17-,18?,23?/m0/s1. The highest BCUT2D eigenvalue weighted by Crippen LogP contribution is 2.23. The molecule has 1 aromatic carbocycles. The first-order valence-electron chi connectivity index (χ1n) is 11.4. The molecule has 0 radical (unpaired) electrons. The average molecular weight is 485 g/mol. The number of esters is 2. The number of hydrogen-bond acceptors (Lipinski definition) is 8. The maximum Gasteiger partial charge on any atom is 0.328 e. The number of nitrogens with zero attached hydrogens (tertiary/aromatic N) is 1. The molecular formula is C26H32N2O7. The van der Waals surface area contributed by atoms with Gasteiger partial charge < -0.3 is 24.3 Å². The number of aryl methyl sites for hydroxylation is 1. The van der Waals surface area contributed by atoms with E-state index in [-0.39, 0.29) is 23.8 Å². The van der Waals surface area contributed by atoms with Crippen LogP contribution in [0.3, 0.4) is 0 Å². The first-order valence-corrected chi connectivity index (χ1v) is 11.4. The largest absolute Gasteiger partial charge is 0.486 e. The molecule has 0 fully saturated rings. The number of aromatic nitrogens is 1. The van der Waals surface area contributed by atoms with Crippen molar-refractivity contribution in [3.8, 4) is 11.5 Å². The molecule has 188 valence electrons. The second kappa shape index (κ2) is 12.6. The maximum atomic E-state index is 12.8. The Morgan fingerprint density at radius 2 is 1.71 bits per heavy atom. The van der Waals surface area contributed by atoms with Gasteiger partial charge >= 0.3 is 11.9 Å². The fourth-order valence-electron chi connectivity index (χ4n) is 3.38. The Morgan fingerprint density at radius 3 is 2.29 bits per heavy atom. The lowest BCUT2D eigenvalue weighted by atomic mass is 10.0. The van der Waals surface area contributed by atoms with E-state index in [4.69, 9.17) is 14.2 Å². The first-order chi connectivity index (χ1) is 16.5. The molecule has 0 spiro atoms. The quantitative estimate of drug-likeness (QED) is 0.381. The van der Waals surface area contributed by atoms with Gasteiger partial charge in [-0.05, 0) is 44.9 Å². The van der Waals surface area contributed by atoms with Crippen LogP contribution in [0.15, 0.2) is 36.5 Å². The minimum Gasteiger partial charge on any atom is -0.486 e. The van der Waals surface area contributed by atoms with Gasteiger partial charge in [0.15, 0.2) is 11.4 Å². The lowest BCUT2D eigenvalue weighted by Crippen LogP contribution is -2.44. The van der Waals surface area contributed by atoms with E-state index < -0.39 is 36.1 Å². The van der Waals surface area contributed by atoms with Crippen LogP contribution in [0.2, 0.25) is 0 Å². The number of benzene rings is 1. The molecule has 0 aliphatic heterocycles. The minimum absolute atomic E-state index is 0.0417. The molecule has 3 atom stereocenters. The number of carbonyl (C=O) groups excluding carboxylic acids is 4. The van der Waals surface area contributed by atoms with E-state index in [0.717, 1.165) is 5.56 Å². The predicted molar refractivity (Wildman–Crippen MR) is 128 cm³/mol. The number of ether oxygens (including phenoxy) is 3. The van der Waals surface area contributed by atoms with Crippen LogP contribution in [0.25, 0.3) is 0 Å². The van der Waals surface area contributed by atoms with Gasteiger partial charge in [-0.3, -0.25) is 9.59 Å². The highest BCUT2D eigenvalue weighted by Gasteiger charge is 2.29. The van der Waals surface area contributed by atoms with E-state index in [1.807, 2.05) is 45.0 Å². The third kappa shape index (κ3) is 7.91. The second-order valence-electron chi connectivity index (χ2n) is 8.59. The summed E-state index contributed by atoms with van der Waals surface area (Å²) in [7, 11) is 0. The first kappa shape index (κ1) is 27.5. The zero-order valence-electron chi connectivity index (χ0n) is 20.9. The van der Waals surface area contributed by atoms with E-state index in [1.54, 1.807) is 6.92 Å². The van der Waals surface area contributed by atoms with Gasteiger partial charge in [-0.1, -0.05) is 31.5 Å². The maximum absolute atomic E-state index is 12.8. The van der Waals surface area contributed by atoms with E-state index >= 15 is 0 Å². The molecule has 2 unspecified atom stereocenters. The summed E-state index contributed by atoms with van der Waals surface area (Å²) in [6.07, 6.45) is 0.852. The van der Waals surface area contributed by atoms with E-state index in [1.165, 1.54) is 26.1 Å². The van der Waals surface area contributed by atoms with Gasteiger partial charge in [-0.25, -0.2) is 9.78 Å². The second-order valence-corrected chi connectivity index (χ2v) is 8.59. The van der Waals surface area contributed by atoms with Crippen LogP contribution in [-0.4, -0.2) is 47.4 Å². The molecular weight excluding hydrogens is 452 g/mol. The van der Waals surface area contributed by atoms with Gasteiger partial charge in [0.25, 0.3) is 5.91 Å². The van der Waals surface area contributed by atoms with Crippen LogP contribution >= 0.6 is 0 Å². The number of nitrogens with one attached hydrogen (secondary N) is 1. The van der Waals surface area contributed by atoms with Crippen molar-refractivity contribution >= 4 is 24.1 Å². The van der Waals surface area contributed by atoms with Crippen LogP contribution in [-0.2, 0) is 25.5 Å². The molecule has 2 aromatic rings. The molecule has 0 saturated carbocycles. The van der Waals surface area contributed by atoms with E-state index in [0.29, 0.717) is 17.6 Å².